The average Bonchev–Trinajstić information content (AvgIpc) is 3.32. The summed E-state index contributed by atoms with van der Waals surface area (Å²) in [5, 5.41) is 5.75. The molecule has 0 saturated carbocycles. The molecule has 0 unspecified atom stereocenters. The van der Waals surface area contributed by atoms with Crippen LogP contribution < -0.4 is 10.1 Å². The lowest BCUT2D eigenvalue weighted by molar-refractivity contribution is 0.0955. The van der Waals surface area contributed by atoms with E-state index in [1.54, 1.807) is 24.4 Å². The number of carbonyl (C=O) groups excluding carboxylic acids is 1. The largest absolute Gasteiger partial charge is 0.279 e. The van der Waals surface area contributed by atoms with Crippen molar-refractivity contribution in [3.05, 3.63) is 68.7 Å². The van der Waals surface area contributed by atoms with E-state index in [1.165, 1.54) is 41.7 Å². The van der Waals surface area contributed by atoms with Gasteiger partial charge in [0.05, 0.1) is 14.9 Å². The van der Waals surface area contributed by atoms with Crippen molar-refractivity contribution < 1.29 is 13.2 Å². The Kier molecular flexibility index (Phi) is 5.95. The molecular weight excluding hydrogens is 426 g/mol. The Morgan fingerprint density at radius 2 is 1.85 bits per heavy atom. The molecule has 0 aliphatic heterocycles. The Morgan fingerprint density at radius 3 is 2.44 bits per heavy atom. The number of halogens is 1. The summed E-state index contributed by atoms with van der Waals surface area (Å²) in [5.74, 6) is -0.398. The maximum absolute atomic E-state index is 12.2. The van der Waals surface area contributed by atoms with Gasteiger partial charge in [-0.3, -0.25) is 9.52 Å². The zero-order chi connectivity index (χ0) is 19.4. The van der Waals surface area contributed by atoms with Gasteiger partial charge in [-0.25, -0.2) is 13.8 Å². The highest BCUT2D eigenvalue weighted by atomic mass is 35.5. The minimum Gasteiger partial charge on any atom is -0.279 e. The van der Waals surface area contributed by atoms with Crippen LogP contribution in [0.15, 0.2) is 63.2 Å². The van der Waals surface area contributed by atoms with Gasteiger partial charge in [-0.15, -0.1) is 22.7 Å². The van der Waals surface area contributed by atoms with Crippen molar-refractivity contribution >= 4 is 61.6 Å². The van der Waals surface area contributed by atoms with E-state index in [9.17, 15) is 13.2 Å². The summed E-state index contributed by atoms with van der Waals surface area (Å²) in [6.07, 6.45) is 0. The number of hydrogen-bond acceptors (Lipinski definition) is 6. The zero-order valence-electron chi connectivity index (χ0n) is 14.0. The molecule has 10 heteroatoms. The Morgan fingerprint density at radius 1 is 1.11 bits per heavy atom. The highest BCUT2D eigenvalue weighted by Crippen LogP contribution is 2.22. The number of carbonyl (C=O) groups is 1. The number of rotatable bonds is 6. The van der Waals surface area contributed by atoms with Crippen LogP contribution in [0.2, 0.25) is 4.34 Å². The van der Waals surface area contributed by atoms with E-state index >= 15 is 0 Å². The first-order valence-corrected chi connectivity index (χ1v) is 11.2. The van der Waals surface area contributed by atoms with Crippen LogP contribution in [0.5, 0.6) is 0 Å². The van der Waals surface area contributed by atoms with Crippen molar-refractivity contribution in [2.24, 2.45) is 5.10 Å². The molecule has 0 atom stereocenters. The van der Waals surface area contributed by atoms with Crippen molar-refractivity contribution in [2.45, 2.75) is 11.1 Å². The zero-order valence-corrected chi connectivity index (χ0v) is 17.2. The molecule has 0 bridgehead atoms. The first-order valence-electron chi connectivity index (χ1n) is 7.62. The second-order valence-corrected chi connectivity index (χ2v) is 9.93. The Balaban J connectivity index is 1.65. The summed E-state index contributed by atoms with van der Waals surface area (Å²) in [5.41, 5.74) is 3.84. The minimum absolute atomic E-state index is 0.225. The van der Waals surface area contributed by atoms with E-state index in [0.29, 0.717) is 21.3 Å². The average molecular weight is 440 g/mol. The summed E-state index contributed by atoms with van der Waals surface area (Å²) < 4.78 is 27.7. The molecule has 0 saturated heterocycles. The van der Waals surface area contributed by atoms with E-state index in [1.807, 2.05) is 6.07 Å². The summed E-state index contributed by atoms with van der Waals surface area (Å²) in [6.45, 7) is 1.77. The summed E-state index contributed by atoms with van der Waals surface area (Å²) in [6, 6.07) is 12.9. The molecule has 0 aliphatic carbocycles. The molecule has 1 amide bonds. The second-order valence-electron chi connectivity index (χ2n) is 5.36. The number of anilines is 1. The fraction of sp³-hybridized carbons (Fsp3) is 0.0588. The third kappa shape index (κ3) is 4.95. The summed E-state index contributed by atoms with van der Waals surface area (Å²) in [7, 11) is -3.62. The fourth-order valence-corrected chi connectivity index (χ4v) is 5.11. The van der Waals surface area contributed by atoms with Gasteiger partial charge in [-0.2, -0.15) is 5.10 Å². The number of nitrogens with zero attached hydrogens (tertiary/aromatic N) is 1. The molecule has 0 radical (unpaired) electrons. The van der Waals surface area contributed by atoms with E-state index in [0.717, 1.165) is 16.2 Å². The van der Waals surface area contributed by atoms with Gasteiger partial charge >= 0.3 is 0 Å². The van der Waals surface area contributed by atoms with Crippen LogP contribution in [0.3, 0.4) is 0 Å². The third-order valence-corrected chi connectivity index (χ3v) is 7.53. The summed E-state index contributed by atoms with van der Waals surface area (Å²) >= 11 is 8.38. The predicted octanol–water partition coefficient (Wildman–Crippen LogP) is 4.42. The van der Waals surface area contributed by atoms with Gasteiger partial charge in [0.15, 0.2) is 0 Å². The SMILES string of the molecule is CC(=NNC(=O)c1ccc(NS(=O)(=O)c2cccs2)cc1)c1ccc(Cl)s1. The molecule has 2 heterocycles. The van der Waals surface area contributed by atoms with Crippen molar-refractivity contribution in [2.75, 3.05) is 4.72 Å². The van der Waals surface area contributed by atoms with Gasteiger partial charge in [0.1, 0.15) is 4.21 Å². The lowest BCUT2D eigenvalue weighted by atomic mass is 10.2. The molecule has 140 valence electrons. The fourth-order valence-electron chi connectivity index (χ4n) is 2.07. The molecule has 27 heavy (non-hydrogen) atoms. The molecular formula is C17H14ClN3O3S3. The van der Waals surface area contributed by atoms with Crippen molar-refractivity contribution in [3.63, 3.8) is 0 Å². The maximum atomic E-state index is 12.2. The summed E-state index contributed by atoms with van der Waals surface area (Å²) in [4.78, 5) is 13.1. The molecule has 2 aromatic heterocycles. The molecule has 1 aromatic carbocycles. The number of nitrogens with one attached hydrogen (secondary N) is 2. The number of thiophene rings is 2. The van der Waals surface area contributed by atoms with E-state index in [4.69, 9.17) is 11.6 Å². The second kappa shape index (κ2) is 8.22. The normalized spacial score (nSPS) is 12.0. The van der Waals surface area contributed by atoms with E-state index < -0.39 is 15.9 Å². The number of amides is 1. The third-order valence-electron chi connectivity index (χ3n) is 3.41. The smallest absolute Gasteiger partial charge is 0.271 e. The molecule has 3 aromatic rings. The predicted molar refractivity (Wildman–Crippen MR) is 111 cm³/mol. The molecule has 0 aliphatic rings. The van der Waals surface area contributed by atoms with Crippen molar-refractivity contribution in [1.82, 2.24) is 5.43 Å². The number of hydrazone groups is 1. The van der Waals surface area contributed by atoms with Crippen LogP contribution in [0.4, 0.5) is 5.69 Å². The maximum Gasteiger partial charge on any atom is 0.271 e. The molecule has 0 fully saturated rings. The van der Waals surface area contributed by atoms with Crippen LogP contribution in [-0.4, -0.2) is 20.0 Å². The standard InChI is InChI=1S/C17H14ClN3O3S3/c1-11(14-8-9-15(18)26-14)19-20-17(22)12-4-6-13(7-5-12)21-27(23,24)16-3-2-10-25-16/h2-10,21H,1H3,(H,20,22). The van der Waals surface area contributed by atoms with Crippen LogP contribution in [0, 0.1) is 0 Å². The topological polar surface area (TPSA) is 87.6 Å². The quantitative estimate of drug-likeness (QED) is 0.440. The van der Waals surface area contributed by atoms with Crippen LogP contribution >= 0.6 is 34.3 Å². The van der Waals surface area contributed by atoms with Crippen molar-refractivity contribution in [3.8, 4) is 0 Å². The van der Waals surface area contributed by atoms with Crippen LogP contribution in [-0.2, 0) is 10.0 Å². The van der Waals surface area contributed by atoms with Gasteiger partial charge in [0.2, 0.25) is 0 Å². The Labute approximate surface area is 169 Å². The minimum atomic E-state index is -3.62. The molecule has 6 nitrogen and oxygen atoms in total. The number of sulfonamides is 1. The van der Waals surface area contributed by atoms with Gasteiger partial charge in [0, 0.05) is 11.3 Å². The molecule has 3 rings (SSSR count). The Hall–Kier alpha value is -2.20. The van der Waals surface area contributed by atoms with Crippen LogP contribution in [0.25, 0.3) is 0 Å². The van der Waals surface area contributed by atoms with Crippen LogP contribution in [0.1, 0.15) is 22.2 Å². The van der Waals surface area contributed by atoms with E-state index in [2.05, 4.69) is 15.2 Å². The highest BCUT2D eigenvalue weighted by Gasteiger charge is 2.15. The van der Waals surface area contributed by atoms with Gasteiger partial charge in [0.25, 0.3) is 15.9 Å². The number of benzene rings is 1. The van der Waals surface area contributed by atoms with Gasteiger partial charge in [-0.05, 0) is 54.8 Å². The first kappa shape index (κ1) is 19.6. The van der Waals surface area contributed by atoms with Gasteiger partial charge in [-0.1, -0.05) is 17.7 Å². The van der Waals surface area contributed by atoms with E-state index in [-0.39, 0.29) is 4.21 Å². The van der Waals surface area contributed by atoms with Gasteiger partial charge < -0.3 is 0 Å². The molecule has 2 N–H and O–H groups in total. The monoisotopic (exact) mass is 439 g/mol. The lowest BCUT2D eigenvalue weighted by Gasteiger charge is -2.07. The first-order chi connectivity index (χ1) is 12.8. The number of hydrogen-bond donors (Lipinski definition) is 2. The highest BCUT2D eigenvalue weighted by molar-refractivity contribution is 7.94. The Bertz CT molecular complexity index is 1070. The van der Waals surface area contributed by atoms with Crippen molar-refractivity contribution in [1.29, 1.82) is 0 Å². The molecule has 0 spiro atoms. The lowest BCUT2D eigenvalue weighted by Crippen LogP contribution is -2.19.